The molecule has 0 amide bonds. The summed E-state index contributed by atoms with van der Waals surface area (Å²) in [5.74, 6) is 0. The van der Waals surface area contributed by atoms with Crippen molar-refractivity contribution in [1.82, 2.24) is 19.4 Å². The van der Waals surface area contributed by atoms with Crippen LogP contribution in [0, 0.1) is 6.92 Å². The van der Waals surface area contributed by atoms with Crippen molar-refractivity contribution in [2.45, 2.75) is 13.3 Å². The van der Waals surface area contributed by atoms with Crippen LogP contribution in [0.15, 0.2) is 35.3 Å². The Labute approximate surface area is 131 Å². The highest BCUT2D eigenvalue weighted by molar-refractivity contribution is 5.42. The molecule has 0 unspecified atom stereocenters. The number of aromatic nitrogens is 2. The lowest BCUT2D eigenvalue weighted by molar-refractivity contribution is 0.244. The highest BCUT2D eigenvalue weighted by Crippen LogP contribution is 2.16. The van der Waals surface area contributed by atoms with Crippen LogP contribution in [0.5, 0.6) is 0 Å². The van der Waals surface area contributed by atoms with E-state index < -0.39 is 0 Å². The molecule has 1 aromatic carbocycles. The lowest BCUT2D eigenvalue weighted by Gasteiger charge is -2.27. The lowest BCUT2D eigenvalue weighted by Crippen LogP contribution is -2.44. The van der Waals surface area contributed by atoms with Gasteiger partial charge in [-0.25, -0.2) is 4.79 Å². The molecule has 1 aliphatic heterocycles. The molecule has 2 aromatic rings. The van der Waals surface area contributed by atoms with Gasteiger partial charge in [-0.1, -0.05) is 18.2 Å². The molecular formula is C17H24N4O. The van der Waals surface area contributed by atoms with Crippen molar-refractivity contribution in [3.8, 4) is 5.69 Å². The zero-order valence-corrected chi connectivity index (χ0v) is 13.4. The van der Waals surface area contributed by atoms with Crippen LogP contribution in [-0.4, -0.2) is 46.8 Å². The summed E-state index contributed by atoms with van der Waals surface area (Å²) < 4.78 is 3.45. The summed E-state index contributed by atoms with van der Waals surface area (Å²) in [7, 11) is 1.80. The third-order valence-electron chi connectivity index (χ3n) is 4.37. The van der Waals surface area contributed by atoms with Gasteiger partial charge in [0.2, 0.25) is 0 Å². The third kappa shape index (κ3) is 3.00. The van der Waals surface area contributed by atoms with E-state index in [-0.39, 0.29) is 5.69 Å². The number of para-hydroxylation sites is 1. The number of nitrogens with one attached hydrogen (secondary N) is 1. The van der Waals surface area contributed by atoms with Crippen molar-refractivity contribution in [1.29, 1.82) is 0 Å². The quantitative estimate of drug-likeness (QED) is 0.913. The summed E-state index contributed by atoms with van der Waals surface area (Å²) in [4.78, 5) is 14.8. The van der Waals surface area contributed by atoms with Gasteiger partial charge in [-0.15, -0.1) is 0 Å². The van der Waals surface area contributed by atoms with Crippen molar-refractivity contribution in [2.75, 3.05) is 32.7 Å². The van der Waals surface area contributed by atoms with Crippen molar-refractivity contribution in [3.63, 3.8) is 0 Å². The lowest BCUT2D eigenvalue weighted by atomic mass is 10.1. The van der Waals surface area contributed by atoms with Crippen LogP contribution in [-0.2, 0) is 13.5 Å². The average molecular weight is 300 g/mol. The van der Waals surface area contributed by atoms with Crippen LogP contribution in [0.1, 0.15) is 11.3 Å². The Hall–Kier alpha value is -1.85. The standard InChI is InChI=1S/C17H24N4O/c1-14-13-19(2)17(22)21(14)16-6-4-3-5-15(16)7-10-20-11-8-18-9-12-20/h3-6,13,18H,7-12H2,1-2H3. The van der Waals surface area contributed by atoms with Crippen LogP contribution >= 0.6 is 0 Å². The fourth-order valence-corrected chi connectivity index (χ4v) is 3.15. The molecule has 22 heavy (non-hydrogen) atoms. The van der Waals surface area contributed by atoms with E-state index in [4.69, 9.17) is 0 Å². The Kier molecular flexibility index (Phi) is 4.45. The van der Waals surface area contributed by atoms with E-state index in [0.717, 1.165) is 50.5 Å². The smallest absolute Gasteiger partial charge is 0.314 e. The Morgan fingerprint density at radius 2 is 1.91 bits per heavy atom. The van der Waals surface area contributed by atoms with Gasteiger partial charge in [0.05, 0.1) is 5.69 Å². The van der Waals surface area contributed by atoms with Crippen molar-refractivity contribution < 1.29 is 0 Å². The number of piperazine rings is 1. The molecule has 1 aliphatic rings. The van der Waals surface area contributed by atoms with E-state index in [1.54, 1.807) is 11.6 Å². The molecular weight excluding hydrogens is 276 g/mol. The number of rotatable bonds is 4. The minimum Gasteiger partial charge on any atom is -0.314 e. The second-order valence-electron chi connectivity index (χ2n) is 5.97. The Bertz CT molecular complexity index is 695. The molecule has 5 nitrogen and oxygen atoms in total. The maximum atomic E-state index is 12.4. The van der Waals surface area contributed by atoms with E-state index >= 15 is 0 Å². The molecule has 0 saturated carbocycles. The first-order valence-electron chi connectivity index (χ1n) is 7.93. The van der Waals surface area contributed by atoms with E-state index in [9.17, 15) is 4.79 Å². The molecule has 0 aliphatic carbocycles. The molecule has 2 heterocycles. The Balaban J connectivity index is 1.85. The highest BCUT2D eigenvalue weighted by Gasteiger charge is 2.13. The number of imidazole rings is 1. The summed E-state index contributed by atoms with van der Waals surface area (Å²) in [6.45, 7) is 7.37. The monoisotopic (exact) mass is 300 g/mol. The van der Waals surface area contributed by atoms with Crippen LogP contribution in [0.3, 0.4) is 0 Å². The molecule has 1 fully saturated rings. The van der Waals surface area contributed by atoms with Crippen molar-refractivity contribution >= 4 is 0 Å². The second kappa shape index (κ2) is 6.50. The van der Waals surface area contributed by atoms with Gasteiger partial charge in [-0.05, 0) is 25.0 Å². The molecule has 0 atom stereocenters. The van der Waals surface area contributed by atoms with Crippen LogP contribution in [0.25, 0.3) is 5.69 Å². The van der Waals surface area contributed by atoms with Gasteiger partial charge < -0.3 is 14.8 Å². The average Bonchev–Trinajstić information content (AvgIpc) is 2.79. The highest BCUT2D eigenvalue weighted by atomic mass is 16.1. The molecule has 1 aromatic heterocycles. The largest absolute Gasteiger partial charge is 0.332 e. The molecule has 0 bridgehead atoms. The van der Waals surface area contributed by atoms with Crippen LogP contribution in [0.2, 0.25) is 0 Å². The molecule has 5 heteroatoms. The van der Waals surface area contributed by atoms with Crippen molar-refractivity contribution in [3.05, 3.63) is 52.2 Å². The topological polar surface area (TPSA) is 42.2 Å². The maximum absolute atomic E-state index is 12.4. The third-order valence-corrected chi connectivity index (χ3v) is 4.37. The zero-order chi connectivity index (χ0) is 15.5. The fraction of sp³-hybridized carbons (Fsp3) is 0.471. The number of benzene rings is 1. The summed E-state index contributed by atoms with van der Waals surface area (Å²) in [6.07, 6.45) is 2.85. The molecule has 1 saturated heterocycles. The Morgan fingerprint density at radius 3 is 2.59 bits per heavy atom. The van der Waals surface area contributed by atoms with E-state index in [2.05, 4.69) is 22.3 Å². The summed E-state index contributed by atoms with van der Waals surface area (Å²) in [6, 6.07) is 8.24. The van der Waals surface area contributed by atoms with Gasteiger partial charge >= 0.3 is 5.69 Å². The fourth-order valence-electron chi connectivity index (χ4n) is 3.15. The van der Waals surface area contributed by atoms with E-state index in [0.29, 0.717) is 0 Å². The molecule has 3 rings (SSSR count). The summed E-state index contributed by atoms with van der Waals surface area (Å²) in [5, 5.41) is 3.38. The van der Waals surface area contributed by atoms with Gasteiger partial charge in [0, 0.05) is 51.7 Å². The predicted molar refractivity (Wildman–Crippen MR) is 88.8 cm³/mol. The van der Waals surface area contributed by atoms with Gasteiger partial charge in [-0.2, -0.15) is 0 Å². The van der Waals surface area contributed by atoms with Gasteiger partial charge in [0.15, 0.2) is 0 Å². The number of hydrogen-bond acceptors (Lipinski definition) is 3. The minimum atomic E-state index is 0.0205. The minimum absolute atomic E-state index is 0.0205. The second-order valence-corrected chi connectivity index (χ2v) is 5.97. The van der Waals surface area contributed by atoms with Gasteiger partial charge in [0.25, 0.3) is 0 Å². The number of aryl methyl sites for hydroxylation is 2. The first-order valence-corrected chi connectivity index (χ1v) is 7.93. The first-order chi connectivity index (χ1) is 10.7. The number of nitrogens with zero attached hydrogens (tertiary/aromatic N) is 3. The maximum Gasteiger partial charge on any atom is 0.332 e. The Morgan fingerprint density at radius 1 is 1.18 bits per heavy atom. The summed E-state index contributed by atoms with van der Waals surface area (Å²) >= 11 is 0. The molecule has 118 valence electrons. The molecule has 0 radical (unpaired) electrons. The van der Waals surface area contributed by atoms with Gasteiger partial charge in [-0.3, -0.25) is 4.57 Å². The van der Waals surface area contributed by atoms with E-state index in [1.165, 1.54) is 5.56 Å². The SMILES string of the molecule is Cc1cn(C)c(=O)n1-c1ccccc1CCN1CCNCC1. The normalized spacial score (nSPS) is 16.1. The predicted octanol–water partition coefficient (Wildman–Crippen LogP) is 0.932. The van der Waals surface area contributed by atoms with Crippen LogP contribution in [0.4, 0.5) is 0 Å². The van der Waals surface area contributed by atoms with Gasteiger partial charge in [0.1, 0.15) is 0 Å². The zero-order valence-electron chi connectivity index (χ0n) is 13.4. The van der Waals surface area contributed by atoms with E-state index in [1.807, 2.05) is 29.8 Å². The first kappa shape index (κ1) is 15.1. The van der Waals surface area contributed by atoms with Crippen molar-refractivity contribution in [2.24, 2.45) is 7.05 Å². The molecule has 1 N–H and O–H groups in total. The van der Waals surface area contributed by atoms with Crippen LogP contribution < -0.4 is 11.0 Å². The summed E-state index contributed by atoms with van der Waals surface area (Å²) in [5.41, 5.74) is 3.24. The number of hydrogen-bond donors (Lipinski definition) is 1. The molecule has 0 spiro atoms.